The van der Waals surface area contributed by atoms with Crippen LogP contribution in [-0.2, 0) is 19.0 Å². The van der Waals surface area contributed by atoms with Gasteiger partial charge in [-0.25, -0.2) is 4.79 Å². The van der Waals surface area contributed by atoms with E-state index < -0.39 is 5.79 Å². The Hall–Kier alpha value is -0.870. The third-order valence-electron chi connectivity index (χ3n) is 3.08. The lowest BCUT2D eigenvalue weighted by Crippen LogP contribution is -2.33. The molecule has 1 saturated heterocycles. The first-order valence-electron chi connectivity index (χ1n) is 5.57. The van der Waals surface area contributed by atoms with Crippen LogP contribution in [0, 0.1) is 5.92 Å². The largest absolute Gasteiger partial charge is 0.466 e. The van der Waals surface area contributed by atoms with Gasteiger partial charge in [-0.15, -0.1) is 0 Å². The molecular weight excluding hydrogens is 208 g/mol. The second kappa shape index (κ2) is 3.86. The van der Waals surface area contributed by atoms with Gasteiger partial charge < -0.3 is 14.2 Å². The standard InChI is InChI=1S/C12H18O4/c1-7-5-8(11(13)14-4)6-9-10(7)16-12(2,3)15-9/h6-7,9-10H,5H2,1-4H3/t7-,9?,10?/m1/s1. The summed E-state index contributed by atoms with van der Waals surface area (Å²) in [6.07, 6.45) is 2.44. The number of fused-ring (bicyclic) bond motifs is 1. The van der Waals surface area contributed by atoms with E-state index >= 15 is 0 Å². The molecule has 0 spiro atoms. The molecular formula is C12H18O4. The quantitative estimate of drug-likeness (QED) is 0.638. The summed E-state index contributed by atoms with van der Waals surface area (Å²) in [7, 11) is 1.40. The van der Waals surface area contributed by atoms with Crippen molar-refractivity contribution in [2.24, 2.45) is 5.92 Å². The molecule has 4 nitrogen and oxygen atoms in total. The molecule has 1 aliphatic carbocycles. The predicted octanol–water partition coefficient (Wildman–Crippen LogP) is 1.65. The highest BCUT2D eigenvalue weighted by molar-refractivity contribution is 5.88. The lowest BCUT2D eigenvalue weighted by atomic mass is 9.86. The van der Waals surface area contributed by atoms with Gasteiger partial charge in [-0.1, -0.05) is 6.92 Å². The molecule has 2 rings (SSSR count). The molecule has 0 amide bonds. The average molecular weight is 226 g/mol. The number of hydrogen-bond donors (Lipinski definition) is 0. The maximum atomic E-state index is 11.5. The smallest absolute Gasteiger partial charge is 0.333 e. The van der Waals surface area contributed by atoms with Crippen molar-refractivity contribution in [2.45, 2.75) is 45.2 Å². The molecule has 0 bridgehead atoms. The molecule has 4 heteroatoms. The normalized spacial score (nSPS) is 36.5. The highest BCUT2D eigenvalue weighted by Crippen LogP contribution is 2.38. The van der Waals surface area contributed by atoms with E-state index in [1.807, 2.05) is 19.9 Å². The van der Waals surface area contributed by atoms with E-state index in [0.29, 0.717) is 12.0 Å². The third kappa shape index (κ3) is 1.99. The minimum atomic E-state index is -0.564. The molecule has 2 unspecified atom stereocenters. The topological polar surface area (TPSA) is 44.8 Å². The molecule has 2 aliphatic rings. The summed E-state index contributed by atoms with van der Waals surface area (Å²) in [6.45, 7) is 5.85. The van der Waals surface area contributed by atoms with Gasteiger partial charge in [0, 0.05) is 5.57 Å². The molecule has 0 saturated carbocycles. The number of methoxy groups -OCH3 is 1. The summed E-state index contributed by atoms with van der Waals surface area (Å²) < 4.78 is 16.3. The molecule has 0 aromatic rings. The van der Waals surface area contributed by atoms with Crippen LogP contribution in [0.3, 0.4) is 0 Å². The van der Waals surface area contributed by atoms with Gasteiger partial charge in [0.2, 0.25) is 0 Å². The van der Waals surface area contributed by atoms with E-state index in [1.165, 1.54) is 7.11 Å². The van der Waals surface area contributed by atoms with Crippen LogP contribution < -0.4 is 0 Å². The van der Waals surface area contributed by atoms with Crippen LogP contribution in [0.15, 0.2) is 11.6 Å². The summed E-state index contributed by atoms with van der Waals surface area (Å²) in [4.78, 5) is 11.5. The molecule has 0 aromatic heterocycles. The maximum absolute atomic E-state index is 11.5. The lowest BCUT2D eigenvalue weighted by molar-refractivity contribution is -0.146. The Bertz CT molecular complexity index is 332. The van der Waals surface area contributed by atoms with Gasteiger partial charge in [-0.2, -0.15) is 0 Å². The first-order valence-corrected chi connectivity index (χ1v) is 5.57. The molecule has 0 radical (unpaired) electrons. The molecule has 1 fully saturated rings. The van der Waals surface area contributed by atoms with Gasteiger partial charge in [-0.3, -0.25) is 0 Å². The number of carbonyl (C=O) groups is 1. The van der Waals surface area contributed by atoms with Gasteiger partial charge >= 0.3 is 5.97 Å². The van der Waals surface area contributed by atoms with Crippen LogP contribution in [0.1, 0.15) is 27.2 Å². The minimum Gasteiger partial charge on any atom is -0.466 e. The Morgan fingerprint density at radius 1 is 1.50 bits per heavy atom. The van der Waals surface area contributed by atoms with Crippen molar-refractivity contribution >= 4 is 5.97 Å². The second-order valence-electron chi connectivity index (χ2n) is 4.93. The monoisotopic (exact) mass is 226 g/mol. The summed E-state index contributed by atoms with van der Waals surface area (Å²) in [5.74, 6) is -0.560. The Labute approximate surface area is 95.6 Å². The lowest BCUT2D eigenvalue weighted by Gasteiger charge is -2.27. The van der Waals surface area contributed by atoms with Crippen molar-refractivity contribution in [3.8, 4) is 0 Å². The highest BCUT2D eigenvalue weighted by Gasteiger charge is 2.45. The molecule has 0 N–H and O–H groups in total. The first kappa shape index (κ1) is 11.6. The predicted molar refractivity (Wildman–Crippen MR) is 57.7 cm³/mol. The van der Waals surface area contributed by atoms with Crippen molar-refractivity contribution < 1.29 is 19.0 Å². The van der Waals surface area contributed by atoms with Crippen molar-refractivity contribution in [1.29, 1.82) is 0 Å². The highest BCUT2D eigenvalue weighted by atomic mass is 16.8. The van der Waals surface area contributed by atoms with Crippen molar-refractivity contribution in [1.82, 2.24) is 0 Å². The molecule has 16 heavy (non-hydrogen) atoms. The zero-order valence-corrected chi connectivity index (χ0v) is 10.1. The molecule has 0 aromatic carbocycles. The Morgan fingerprint density at radius 3 is 2.81 bits per heavy atom. The van der Waals surface area contributed by atoms with Crippen LogP contribution in [-0.4, -0.2) is 31.1 Å². The number of hydrogen-bond acceptors (Lipinski definition) is 4. The van der Waals surface area contributed by atoms with Gasteiger partial charge in [0.1, 0.15) is 6.10 Å². The van der Waals surface area contributed by atoms with E-state index in [0.717, 1.165) is 0 Å². The number of ether oxygens (including phenoxy) is 3. The van der Waals surface area contributed by atoms with Gasteiger partial charge in [0.05, 0.1) is 13.2 Å². The maximum Gasteiger partial charge on any atom is 0.333 e. The Kier molecular flexibility index (Phi) is 2.80. The SMILES string of the molecule is COC(=O)C1=CC2OC(C)(C)OC2[C@H](C)C1. The zero-order valence-electron chi connectivity index (χ0n) is 10.1. The minimum absolute atomic E-state index is 0.0448. The summed E-state index contributed by atoms with van der Waals surface area (Å²) in [5, 5.41) is 0. The molecule has 1 aliphatic heterocycles. The van der Waals surface area contributed by atoms with E-state index in [2.05, 4.69) is 6.92 Å². The molecule has 90 valence electrons. The molecule has 3 atom stereocenters. The van der Waals surface area contributed by atoms with Crippen LogP contribution >= 0.6 is 0 Å². The second-order valence-corrected chi connectivity index (χ2v) is 4.93. The van der Waals surface area contributed by atoms with E-state index in [9.17, 15) is 4.79 Å². The molecule has 1 heterocycles. The van der Waals surface area contributed by atoms with Crippen LogP contribution in [0.5, 0.6) is 0 Å². The van der Waals surface area contributed by atoms with E-state index in [4.69, 9.17) is 14.2 Å². The summed E-state index contributed by atoms with van der Waals surface area (Å²) in [5.41, 5.74) is 0.692. The van der Waals surface area contributed by atoms with E-state index in [1.54, 1.807) is 0 Å². The van der Waals surface area contributed by atoms with E-state index in [-0.39, 0.29) is 24.1 Å². The third-order valence-corrected chi connectivity index (χ3v) is 3.08. The fourth-order valence-corrected chi connectivity index (χ4v) is 2.40. The van der Waals surface area contributed by atoms with Crippen LogP contribution in [0.25, 0.3) is 0 Å². The van der Waals surface area contributed by atoms with Crippen molar-refractivity contribution in [3.05, 3.63) is 11.6 Å². The van der Waals surface area contributed by atoms with Crippen molar-refractivity contribution in [2.75, 3.05) is 7.11 Å². The average Bonchev–Trinajstić information content (AvgIpc) is 2.52. The number of carbonyl (C=O) groups excluding carboxylic acids is 1. The summed E-state index contributed by atoms with van der Waals surface area (Å²) in [6, 6.07) is 0. The Balaban J connectivity index is 2.21. The Morgan fingerprint density at radius 2 is 2.19 bits per heavy atom. The number of esters is 1. The fraction of sp³-hybridized carbons (Fsp3) is 0.750. The zero-order chi connectivity index (χ0) is 11.9. The fourth-order valence-electron chi connectivity index (χ4n) is 2.40. The van der Waals surface area contributed by atoms with Crippen molar-refractivity contribution in [3.63, 3.8) is 0 Å². The summed E-state index contributed by atoms with van der Waals surface area (Å²) >= 11 is 0. The van der Waals surface area contributed by atoms with Crippen LogP contribution in [0.4, 0.5) is 0 Å². The number of rotatable bonds is 1. The van der Waals surface area contributed by atoms with Gasteiger partial charge in [0.25, 0.3) is 0 Å². The van der Waals surface area contributed by atoms with Gasteiger partial charge in [-0.05, 0) is 32.3 Å². The van der Waals surface area contributed by atoms with Crippen LogP contribution in [0.2, 0.25) is 0 Å². The van der Waals surface area contributed by atoms with Gasteiger partial charge in [0.15, 0.2) is 5.79 Å². The first-order chi connectivity index (χ1) is 7.43.